The molecule has 2 atom stereocenters. The van der Waals surface area contributed by atoms with Crippen LogP contribution in [0.2, 0.25) is 0 Å². The molecule has 0 N–H and O–H groups in total. The largest absolute Gasteiger partial charge is 0.496 e. The zero-order valence-corrected chi connectivity index (χ0v) is 25.2. The summed E-state index contributed by atoms with van der Waals surface area (Å²) >= 11 is 0. The van der Waals surface area contributed by atoms with E-state index in [2.05, 4.69) is 0 Å². The Bertz CT molecular complexity index is 1550. The van der Waals surface area contributed by atoms with Gasteiger partial charge in [0.15, 0.2) is 0 Å². The molecule has 0 radical (unpaired) electrons. The van der Waals surface area contributed by atoms with E-state index in [9.17, 15) is 35.5 Å². The van der Waals surface area contributed by atoms with Crippen LogP contribution in [0.3, 0.4) is 0 Å². The minimum Gasteiger partial charge on any atom is -0.496 e. The van der Waals surface area contributed by atoms with E-state index in [-0.39, 0.29) is 30.2 Å². The molecule has 5 rings (SSSR count). The third kappa shape index (κ3) is 6.60. The predicted molar refractivity (Wildman–Crippen MR) is 152 cm³/mol. The molecule has 1 aromatic heterocycles. The maximum Gasteiger partial charge on any atom is 0.416 e. The first kappa shape index (κ1) is 32.6. The highest BCUT2D eigenvalue weighted by Gasteiger charge is 2.43. The van der Waals surface area contributed by atoms with Crippen molar-refractivity contribution >= 4 is 6.09 Å². The zero-order valence-electron chi connectivity index (χ0n) is 25.2. The Hall–Kier alpha value is -3.83. The number of pyridine rings is 1. The number of nitrogens with zero attached hydrogens (tertiary/aromatic N) is 2. The van der Waals surface area contributed by atoms with Crippen molar-refractivity contribution in [1.29, 1.82) is 0 Å². The topological polar surface area (TPSA) is 51.7 Å². The lowest BCUT2D eigenvalue weighted by molar-refractivity contribution is -0.143. The van der Waals surface area contributed by atoms with E-state index in [4.69, 9.17) is 14.5 Å². The Morgan fingerprint density at radius 1 is 0.956 bits per heavy atom. The number of rotatable bonds is 7. The molecule has 3 aromatic rings. The third-order valence-electron chi connectivity index (χ3n) is 8.65. The fourth-order valence-corrected chi connectivity index (χ4v) is 6.19. The monoisotopic (exact) mass is 638 g/mol. The molecule has 0 unspecified atom stereocenters. The van der Waals surface area contributed by atoms with Crippen molar-refractivity contribution in [2.24, 2.45) is 0 Å². The lowest BCUT2D eigenvalue weighted by Crippen LogP contribution is -2.32. The van der Waals surface area contributed by atoms with Gasteiger partial charge in [0.25, 0.3) is 0 Å². The highest BCUT2D eigenvalue weighted by Crippen LogP contribution is 2.43. The number of aromatic nitrogens is 1. The molecule has 2 heterocycles. The van der Waals surface area contributed by atoms with Crippen LogP contribution < -0.4 is 4.74 Å². The molecule has 2 aliphatic rings. The van der Waals surface area contributed by atoms with E-state index in [1.54, 1.807) is 6.07 Å². The van der Waals surface area contributed by atoms with Gasteiger partial charge in [-0.25, -0.2) is 9.18 Å². The van der Waals surface area contributed by atoms with E-state index in [0.29, 0.717) is 34.5 Å². The number of halogens is 7. The van der Waals surface area contributed by atoms with Gasteiger partial charge in [-0.15, -0.1) is 0 Å². The number of amides is 1. The average Bonchev–Trinajstić information content (AvgIpc) is 3.60. The van der Waals surface area contributed by atoms with Gasteiger partial charge < -0.3 is 9.47 Å². The number of cyclic esters (lactones) is 1. The van der Waals surface area contributed by atoms with Gasteiger partial charge in [-0.05, 0) is 67.1 Å². The second kappa shape index (κ2) is 12.2. The maximum absolute atomic E-state index is 14.9. The third-order valence-corrected chi connectivity index (χ3v) is 8.65. The minimum atomic E-state index is -5.05. The molecule has 2 fully saturated rings. The quantitative estimate of drug-likeness (QED) is 0.242. The number of hydrogen-bond acceptors (Lipinski definition) is 4. The Kier molecular flexibility index (Phi) is 8.80. The number of methoxy groups -OCH3 is 1. The van der Waals surface area contributed by atoms with E-state index >= 15 is 0 Å². The summed E-state index contributed by atoms with van der Waals surface area (Å²) in [5.74, 6) is -0.165. The summed E-state index contributed by atoms with van der Waals surface area (Å²) in [6.07, 6.45) is -8.47. The Balaban J connectivity index is 1.57. The van der Waals surface area contributed by atoms with Crippen LogP contribution in [0.15, 0.2) is 42.5 Å². The molecule has 242 valence electrons. The molecule has 12 heteroatoms. The van der Waals surface area contributed by atoms with Crippen LogP contribution in [0.1, 0.15) is 98.0 Å². The summed E-state index contributed by atoms with van der Waals surface area (Å²) in [5.41, 5.74) is -0.654. The number of carbonyl (C=O) groups is 1. The van der Waals surface area contributed by atoms with E-state index in [1.165, 1.54) is 25.0 Å². The Morgan fingerprint density at radius 3 is 2.13 bits per heavy atom. The van der Waals surface area contributed by atoms with E-state index < -0.39 is 53.1 Å². The summed E-state index contributed by atoms with van der Waals surface area (Å²) in [7, 11) is 1.40. The van der Waals surface area contributed by atoms with Crippen LogP contribution in [-0.2, 0) is 23.6 Å². The average molecular weight is 639 g/mol. The van der Waals surface area contributed by atoms with Gasteiger partial charge in [0, 0.05) is 28.8 Å². The molecule has 1 aliphatic heterocycles. The van der Waals surface area contributed by atoms with Crippen LogP contribution in [-0.4, -0.2) is 29.1 Å². The van der Waals surface area contributed by atoms with Crippen molar-refractivity contribution < 1.29 is 45.0 Å². The molecule has 5 nitrogen and oxygen atoms in total. The lowest BCUT2D eigenvalue weighted by atomic mass is 9.93. The van der Waals surface area contributed by atoms with Crippen molar-refractivity contribution in [2.45, 2.75) is 89.3 Å². The van der Waals surface area contributed by atoms with Crippen molar-refractivity contribution in [1.82, 2.24) is 9.88 Å². The van der Waals surface area contributed by atoms with Crippen LogP contribution in [0.5, 0.6) is 5.75 Å². The Labute approximate surface area is 256 Å². The maximum atomic E-state index is 14.9. The van der Waals surface area contributed by atoms with Crippen LogP contribution in [0.25, 0.3) is 11.1 Å². The van der Waals surface area contributed by atoms with E-state index in [0.717, 1.165) is 31.4 Å². The smallest absolute Gasteiger partial charge is 0.416 e. The van der Waals surface area contributed by atoms with Gasteiger partial charge in [0.1, 0.15) is 17.7 Å². The van der Waals surface area contributed by atoms with Crippen LogP contribution >= 0.6 is 0 Å². The standard InChI is InChI=1S/C33H33F7N2O3/c1-17(2)24-14-25(29(44-4)15-26(24)34)23-9-10-27(19-7-5-6-8-19)41-28(23)16-42-18(3)30(45-31(42)43)20-11-21(32(35,36)37)13-22(12-20)33(38,39)40/h9-15,17-19,30H,5-8,16H2,1-4H3/t18-,30-/m0/s1. The molecule has 1 amide bonds. The molecular weight excluding hydrogens is 605 g/mol. The van der Waals surface area contributed by atoms with Gasteiger partial charge in [-0.3, -0.25) is 9.88 Å². The zero-order chi connectivity index (χ0) is 32.8. The number of benzene rings is 2. The second-order valence-corrected chi connectivity index (χ2v) is 12.0. The fourth-order valence-electron chi connectivity index (χ4n) is 6.19. The molecule has 0 spiro atoms. The minimum absolute atomic E-state index is 0.0366. The summed E-state index contributed by atoms with van der Waals surface area (Å²) in [4.78, 5) is 19.4. The summed E-state index contributed by atoms with van der Waals surface area (Å²) in [6, 6.07) is 6.92. The molecular formula is C33H33F7N2O3. The highest BCUT2D eigenvalue weighted by atomic mass is 19.4. The van der Waals surface area contributed by atoms with Crippen molar-refractivity contribution in [2.75, 3.05) is 7.11 Å². The Morgan fingerprint density at radius 2 is 1.58 bits per heavy atom. The fraction of sp³-hybridized carbons (Fsp3) is 0.455. The van der Waals surface area contributed by atoms with Crippen molar-refractivity contribution in [3.63, 3.8) is 0 Å². The lowest BCUT2D eigenvalue weighted by Gasteiger charge is -2.24. The van der Waals surface area contributed by atoms with Gasteiger partial charge in [-0.1, -0.05) is 32.8 Å². The molecule has 2 aromatic carbocycles. The van der Waals surface area contributed by atoms with Gasteiger partial charge in [0.05, 0.1) is 36.5 Å². The highest BCUT2D eigenvalue weighted by molar-refractivity contribution is 5.75. The predicted octanol–water partition coefficient (Wildman–Crippen LogP) is 9.80. The van der Waals surface area contributed by atoms with Crippen molar-refractivity contribution in [3.8, 4) is 16.9 Å². The van der Waals surface area contributed by atoms with Crippen LogP contribution in [0.4, 0.5) is 35.5 Å². The molecule has 1 saturated heterocycles. The molecule has 1 saturated carbocycles. The van der Waals surface area contributed by atoms with Gasteiger partial charge in [0.2, 0.25) is 0 Å². The first-order chi connectivity index (χ1) is 21.1. The van der Waals surface area contributed by atoms with E-state index in [1.807, 2.05) is 26.0 Å². The number of alkyl halides is 6. The number of hydrogen-bond donors (Lipinski definition) is 0. The SMILES string of the molecule is COc1cc(F)c(C(C)C)cc1-c1ccc(C2CCCC2)nc1CN1C(=O)O[C@H](c2cc(C(F)(F)F)cc(C(F)(F)F)c2)[C@@H]1C. The second-order valence-electron chi connectivity index (χ2n) is 12.0. The number of ether oxygens (including phenoxy) is 2. The number of carbonyl (C=O) groups excluding carboxylic acids is 1. The molecule has 45 heavy (non-hydrogen) atoms. The summed E-state index contributed by atoms with van der Waals surface area (Å²) < 4.78 is 107. The summed E-state index contributed by atoms with van der Waals surface area (Å²) in [6.45, 7) is 5.03. The molecule has 0 bridgehead atoms. The normalized spacial score (nSPS) is 19.5. The molecule has 1 aliphatic carbocycles. The van der Waals surface area contributed by atoms with Crippen molar-refractivity contribution in [3.05, 3.63) is 81.9 Å². The summed E-state index contributed by atoms with van der Waals surface area (Å²) in [5, 5.41) is 0. The van der Waals surface area contributed by atoms with Crippen LogP contribution in [0, 0.1) is 5.82 Å². The first-order valence-electron chi connectivity index (χ1n) is 14.7. The first-order valence-corrected chi connectivity index (χ1v) is 14.7. The van der Waals surface area contributed by atoms with Gasteiger partial charge >= 0.3 is 18.4 Å². The van der Waals surface area contributed by atoms with Gasteiger partial charge in [-0.2, -0.15) is 26.3 Å².